The first-order chi connectivity index (χ1) is 12.0. The molecule has 5 nitrogen and oxygen atoms in total. The second-order valence-corrected chi connectivity index (χ2v) is 6.43. The number of hydrogen-bond acceptors (Lipinski definition) is 5. The van der Waals surface area contributed by atoms with Crippen LogP contribution in [0.2, 0.25) is 0 Å². The van der Waals surface area contributed by atoms with E-state index in [2.05, 4.69) is 6.58 Å². The number of phenolic OH excluding ortho intramolecular Hbond substituents is 2. The summed E-state index contributed by atoms with van der Waals surface area (Å²) in [5, 5.41) is 30.9. The minimum absolute atomic E-state index is 0.0128. The number of benzene rings is 2. The average molecular weight is 356 g/mol. The van der Waals surface area contributed by atoms with Gasteiger partial charge in [-0.1, -0.05) is 12.7 Å². The average Bonchev–Trinajstić information content (AvgIpc) is 2.95. The molecule has 0 saturated carbocycles. The van der Waals surface area contributed by atoms with Crippen molar-refractivity contribution in [2.45, 2.75) is 13.0 Å². The van der Waals surface area contributed by atoms with Crippen molar-refractivity contribution in [3.05, 3.63) is 59.0 Å². The molecule has 0 unspecified atom stereocenters. The van der Waals surface area contributed by atoms with Gasteiger partial charge in [0.1, 0.15) is 23.9 Å². The van der Waals surface area contributed by atoms with E-state index in [-0.39, 0.29) is 24.5 Å². The highest BCUT2D eigenvalue weighted by atomic mass is 32.1. The molecule has 0 fully saturated rings. The van der Waals surface area contributed by atoms with Crippen LogP contribution in [-0.2, 0) is 17.8 Å². The molecule has 0 bridgehead atoms. The number of carboxylic acids is 1. The van der Waals surface area contributed by atoms with Gasteiger partial charge >= 0.3 is 5.97 Å². The third kappa shape index (κ3) is 3.59. The van der Waals surface area contributed by atoms with Gasteiger partial charge in [0.05, 0.1) is 6.42 Å². The first-order valence-corrected chi connectivity index (χ1v) is 8.38. The zero-order valence-corrected chi connectivity index (χ0v) is 14.0. The summed E-state index contributed by atoms with van der Waals surface area (Å²) in [5.74, 6) is -0.331. The second kappa shape index (κ2) is 6.86. The minimum atomic E-state index is -0.877. The van der Waals surface area contributed by atoms with Crippen LogP contribution in [0.15, 0.2) is 42.3 Å². The number of aromatic hydroxyl groups is 2. The Morgan fingerprint density at radius 2 is 2.00 bits per heavy atom. The predicted octanol–water partition coefficient (Wildman–Crippen LogP) is 4.16. The molecule has 0 radical (unpaired) electrons. The fourth-order valence-electron chi connectivity index (χ4n) is 2.61. The standard InChI is InChI=1S/C19H16O5S/c1-2-11-5-15(24-9-12-3-4-14(20)7-16(12)21)8-17-19(11)13(10-25-17)6-18(22)23/h2-5,7-8,10,20-21H,1,6,9H2,(H,22,23). The number of fused-ring (bicyclic) bond motifs is 1. The van der Waals surface area contributed by atoms with Gasteiger partial charge < -0.3 is 20.1 Å². The van der Waals surface area contributed by atoms with E-state index in [1.54, 1.807) is 18.2 Å². The smallest absolute Gasteiger partial charge is 0.307 e. The van der Waals surface area contributed by atoms with E-state index in [0.29, 0.717) is 11.3 Å². The Morgan fingerprint density at radius 3 is 2.68 bits per heavy atom. The summed E-state index contributed by atoms with van der Waals surface area (Å²) >= 11 is 1.45. The predicted molar refractivity (Wildman–Crippen MR) is 97.4 cm³/mol. The molecule has 0 amide bonds. The molecule has 0 saturated heterocycles. The van der Waals surface area contributed by atoms with Crippen molar-refractivity contribution >= 4 is 33.5 Å². The van der Waals surface area contributed by atoms with E-state index in [4.69, 9.17) is 9.84 Å². The first kappa shape index (κ1) is 16.9. The molecule has 128 valence electrons. The topological polar surface area (TPSA) is 87.0 Å². The Morgan fingerprint density at radius 1 is 1.20 bits per heavy atom. The Labute approximate surface area is 148 Å². The van der Waals surface area contributed by atoms with Crippen LogP contribution in [-0.4, -0.2) is 21.3 Å². The maximum atomic E-state index is 11.0. The van der Waals surface area contributed by atoms with Crippen molar-refractivity contribution in [3.8, 4) is 17.2 Å². The lowest BCUT2D eigenvalue weighted by Crippen LogP contribution is -2.00. The van der Waals surface area contributed by atoms with Crippen LogP contribution in [0.25, 0.3) is 16.2 Å². The number of rotatable bonds is 6. The Kier molecular flexibility index (Phi) is 4.63. The summed E-state index contributed by atoms with van der Waals surface area (Å²) in [6, 6.07) is 7.97. The first-order valence-electron chi connectivity index (χ1n) is 7.50. The molecule has 0 aliphatic heterocycles. The van der Waals surface area contributed by atoms with Crippen molar-refractivity contribution in [2.24, 2.45) is 0 Å². The Bertz CT molecular complexity index is 958. The van der Waals surface area contributed by atoms with Gasteiger partial charge in [-0.15, -0.1) is 11.3 Å². The summed E-state index contributed by atoms with van der Waals surface area (Å²) in [6.45, 7) is 3.94. The molecule has 0 aliphatic carbocycles. The van der Waals surface area contributed by atoms with Crippen molar-refractivity contribution < 1.29 is 24.9 Å². The monoisotopic (exact) mass is 356 g/mol. The highest BCUT2D eigenvalue weighted by Gasteiger charge is 2.13. The van der Waals surface area contributed by atoms with E-state index in [1.165, 1.54) is 23.5 Å². The third-order valence-corrected chi connectivity index (χ3v) is 4.76. The molecule has 2 aromatic carbocycles. The number of carbonyl (C=O) groups is 1. The van der Waals surface area contributed by atoms with Crippen molar-refractivity contribution in [1.29, 1.82) is 0 Å². The third-order valence-electron chi connectivity index (χ3n) is 3.78. The molecular formula is C19H16O5S. The maximum Gasteiger partial charge on any atom is 0.307 e. The molecule has 3 rings (SSSR count). The zero-order chi connectivity index (χ0) is 18.0. The molecule has 3 aromatic rings. The van der Waals surface area contributed by atoms with E-state index >= 15 is 0 Å². The van der Waals surface area contributed by atoms with Crippen LogP contribution in [0.5, 0.6) is 17.2 Å². The maximum absolute atomic E-state index is 11.0. The lowest BCUT2D eigenvalue weighted by molar-refractivity contribution is -0.136. The number of hydrogen-bond donors (Lipinski definition) is 3. The lowest BCUT2D eigenvalue weighted by Gasteiger charge is -2.10. The number of thiophene rings is 1. The van der Waals surface area contributed by atoms with Gasteiger partial charge in [0.2, 0.25) is 0 Å². The second-order valence-electron chi connectivity index (χ2n) is 5.52. The highest BCUT2D eigenvalue weighted by molar-refractivity contribution is 7.17. The molecule has 0 aliphatic rings. The van der Waals surface area contributed by atoms with Crippen LogP contribution in [0, 0.1) is 0 Å². The van der Waals surface area contributed by atoms with Gasteiger partial charge in [0.15, 0.2) is 0 Å². The molecule has 25 heavy (non-hydrogen) atoms. The molecule has 0 spiro atoms. The van der Waals surface area contributed by atoms with Gasteiger partial charge in [0, 0.05) is 21.7 Å². The van der Waals surface area contributed by atoms with Gasteiger partial charge in [-0.3, -0.25) is 4.79 Å². The molecule has 1 heterocycles. The SMILES string of the molecule is C=Cc1cc(OCc2ccc(O)cc2O)cc2scc(CC(=O)O)c12. The Balaban J connectivity index is 1.90. The minimum Gasteiger partial charge on any atom is -0.508 e. The summed E-state index contributed by atoms with van der Waals surface area (Å²) in [7, 11) is 0. The molecular weight excluding hydrogens is 340 g/mol. The van der Waals surface area contributed by atoms with Crippen molar-refractivity contribution in [2.75, 3.05) is 0 Å². The fraction of sp³-hybridized carbons (Fsp3) is 0.105. The van der Waals surface area contributed by atoms with Crippen LogP contribution in [0.3, 0.4) is 0 Å². The lowest BCUT2D eigenvalue weighted by atomic mass is 10.0. The number of ether oxygens (including phenoxy) is 1. The number of aliphatic carboxylic acids is 1. The normalized spacial score (nSPS) is 10.7. The molecule has 3 N–H and O–H groups in total. The molecule has 6 heteroatoms. The fourth-order valence-corrected chi connectivity index (χ4v) is 3.63. The summed E-state index contributed by atoms with van der Waals surface area (Å²) in [4.78, 5) is 11.0. The Hall–Kier alpha value is -2.99. The van der Waals surface area contributed by atoms with Gasteiger partial charge in [-0.05, 0) is 40.8 Å². The van der Waals surface area contributed by atoms with Gasteiger partial charge in [0.25, 0.3) is 0 Å². The van der Waals surface area contributed by atoms with E-state index < -0.39 is 5.97 Å². The van der Waals surface area contributed by atoms with Crippen LogP contribution in [0.4, 0.5) is 0 Å². The largest absolute Gasteiger partial charge is 0.508 e. The molecule has 0 atom stereocenters. The number of carboxylic acid groups (broad SMARTS) is 1. The van der Waals surface area contributed by atoms with Gasteiger partial charge in [-0.25, -0.2) is 0 Å². The number of phenols is 2. The van der Waals surface area contributed by atoms with E-state index in [0.717, 1.165) is 21.2 Å². The molecule has 1 aromatic heterocycles. The summed E-state index contributed by atoms with van der Waals surface area (Å²) < 4.78 is 6.67. The van der Waals surface area contributed by atoms with Crippen molar-refractivity contribution in [1.82, 2.24) is 0 Å². The van der Waals surface area contributed by atoms with Crippen LogP contribution >= 0.6 is 11.3 Å². The van der Waals surface area contributed by atoms with Gasteiger partial charge in [-0.2, -0.15) is 0 Å². The van der Waals surface area contributed by atoms with Crippen LogP contribution in [0.1, 0.15) is 16.7 Å². The van der Waals surface area contributed by atoms with E-state index in [1.807, 2.05) is 11.4 Å². The zero-order valence-electron chi connectivity index (χ0n) is 13.2. The van der Waals surface area contributed by atoms with Crippen LogP contribution < -0.4 is 4.74 Å². The summed E-state index contributed by atoms with van der Waals surface area (Å²) in [6.07, 6.45) is 1.63. The quantitative estimate of drug-likeness (QED) is 0.617. The van der Waals surface area contributed by atoms with E-state index in [9.17, 15) is 15.0 Å². The van der Waals surface area contributed by atoms with Crippen molar-refractivity contribution in [3.63, 3.8) is 0 Å². The summed E-state index contributed by atoms with van der Waals surface area (Å²) in [5.41, 5.74) is 2.11. The highest BCUT2D eigenvalue weighted by Crippen LogP contribution is 2.35.